The van der Waals surface area contributed by atoms with Crippen molar-refractivity contribution in [1.29, 1.82) is 0 Å². The van der Waals surface area contributed by atoms with Crippen molar-refractivity contribution in [3.8, 4) is 0 Å². The van der Waals surface area contributed by atoms with E-state index in [0.29, 0.717) is 23.3 Å². The summed E-state index contributed by atoms with van der Waals surface area (Å²) >= 11 is 5.89. The van der Waals surface area contributed by atoms with Gasteiger partial charge in [0.2, 0.25) is 11.8 Å². The molecular weight excluding hydrogens is 309 g/mol. The molecule has 116 valence electrons. The lowest BCUT2D eigenvalue weighted by Crippen LogP contribution is -2.25. The van der Waals surface area contributed by atoms with Gasteiger partial charge in [0.15, 0.2) is 5.82 Å². The molecule has 0 radical (unpaired) electrons. The Kier molecular flexibility index (Phi) is 3.87. The molecule has 1 amide bonds. The molecule has 0 aliphatic carbocycles. The zero-order valence-corrected chi connectivity index (χ0v) is 13.0. The maximum Gasteiger partial charge on any atom is 0.232 e. The highest BCUT2D eigenvalue weighted by Gasteiger charge is 2.36. The predicted octanol–water partition coefficient (Wildman–Crippen LogP) is 3.51. The van der Waals surface area contributed by atoms with Crippen LogP contribution in [-0.2, 0) is 4.79 Å². The van der Waals surface area contributed by atoms with E-state index in [-0.39, 0.29) is 29.9 Å². The highest BCUT2D eigenvalue weighted by molar-refractivity contribution is 6.31. The molecule has 1 aromatic heterocycles. The van der Waals surface area contributed by atoms with Crippen molar-refractivity contribution in [2.75, 3.05) is 11.4 Å². The third-order valence-electron chi connectivity index (χ3n) is 3.65. The molecule has 0 spiro atoms. The van der Waals surface area contributed by atoms with E-state index in [1.807, 2.05) is 13.8 Å². The van der Waals surface area contributed by atoms with Crippen LogP contribution in [-0.4, -0.2) is 22.6 Å². The molecule has 0 bridgehead atoms. The third-order valence-corrected chi connectivity index (χ3v) is 3.88. The van der Waals surface area contributed by atoms with Gasteiger partial charge in [-0.1, -0.05) is 30.6 Å². The summed E-state index contributed by atoms with van der Waals surface area (Å²) in [7, 11) is 0. The number of anilines is 1. The first-order chi connectivity index (χ1) is 10.5. The second kappa shape index (κ2) is 5.68. The number of aromatic nitrogens is 2. The molecule has 7 heteroatoms. The molecule has 22 heavy (non-hydrogen) atoms. The number of benzene rings is 1. The fourth-order valence-electron chi connectivity index (χ4n) is 2.45. The number of amides is 1. The van der Waals surface area contributed by atoms with Crippen molar-refractivity contribution in [3.05, 3.63) is 40.8 Å². The first-order valence-electron chi connectivity index (χ1n) is 7.04. The number of carbonyl (C=O) groups is 1. The van der Waals surface area contributed by atoms with Gasteiger partial charge in [0.25, 0.3) is 0 Å². The Hall–Kier alpha value is -1.95. The summed E-state index contributed by atoms with van der Waals surface area (Å²) < 4.78 is 19.2. The predicted molar refractivity (Wildman–Crippen MR) is 79.5 cm³/mol. The van der Waals surface area contributed by atoms with Crippen LogP contribution in [0.5, 0.6) is 0 Å². The summed E-state index contributed by atoms with van der Waals surface area (Å²) in [5.41, 5.74) is 0.184. The monoisotopic (exact) mass is 323 g/mol. The number of nitrogens with zero attached hydrogens (tertiary/aromatic N) is 3. The van der Waals surface area contributed by atoms with Gasteiger partial charge in [-0.05, 0) is 18.2 Å². The van der Waals surface area contributed by atoms with Gasteiger partial charge in [0, 0.05) is 23.9 Å². The van der Waals surface area contributed by atoms with E-state index < -0.39 is 5.82 Å². The van der Waals surface area contributed by atoms with Gasteiger partial charge >= 0.3 is 0 Å². The van der Waals surface area contributed by atoms with Crippen molar-refractivity contribution in [3.63, 3.8) is 0 Å². The van der Waals surface area contributed by atoms with Crippen LogP contribution >= 0.6 is 11.6 Å². The van der Waals surface area contributed by atoms with Crippen LogP contribution in [0.25, 0.3) is 0 Å². The third kappa shape index (κ3) is 2.70. The Morgan fingerprint density at radius 1 is 1.45 bits per heavy atom. The fraction of sp³-hybridized carbons (Fsp3) is 0.400. The Balaban J connectivity index is 1.85. The summed E-state index contributed by atoms with van der Waals surface area (Å²) in [6, 6.07) is 4.15. The minimum Gasteiger partial charge on any atom is -0.339 e. The summed E-state index contributed by atoms with van der Waals surface area (Å²) in [5, 5.41) is 4.29. The molecule has 2 aromatic rings. The van der Waals surface area contributed by atoms with E-state index in [0.717, 1.165) is 0 Å². The van der Waals surface area contributed by atoms with Crippen LogP contribution in [0.2, 0.25) is 5.02 Å². The molecule has 0 saturated carbocycles. The zero-order chi connectivity index (χ0) is 15.9. The minimum absolute atomic E-state index is 0.149. The Morgan fingerprint density at radius 3 is 2.91 bits per heavy atom. The molecule has 2 heterocycles. The molecule has 1 atom stereocenters. The summed E-state index contributed by atoms with van der Waals surface area (Å²) in [4.78, 5) is 17.9. The molecule has 1 aromatic carbocycles. The van der Waals surface area contributed by atoms with E-state index in [1.165, 1.54) is 23.1 Å². The van der Waals surface area contributed by atoms with Crippen LogP contribution in [0.3, 0.4) is 0 Å². The second-order valence-electron chi connectivity index (χ2n) is 5.65. The largest absolute Gasteiger partial charge is 0.339 e. The number of hydrogen-bond acceptors (Lipinski definition) is 4. The average molecular weight is 324 g/mol. The number of carbonyl (C=O) groups excluding carboxylic acids is 1. The van der Waals surface area contributed by atoms with Gasteiger partial charge in [0.1, 0.15) is 5.82 Å². The van der Waals surface area contributed by atoms with Crippen LogP contribution in [0.4, 0.5) is 10.1 Å². The quantitative estimate of drug-likeness (QED) is 0.867. The SMILES string of the molecule is CC(C)c1noc(C2CC(=O)N(c3cc(Cl)ccc3F)C2)n1. The number of rotatable bonds is 3. The lowest BCUT2D eigenvalue weighted by Gasteiger charge is -2.17. The Morgan fingerprint density at radius 2 is 2.23 bits per heavy atom. The van der Waals surface area contributed by atoms with Crippen molar-refractivity contribution in [1.82, 2.24) is 10.1 Å². The van der Waals surface area contributed by atoms with Gasteiger partial charge in [-0.15, -0.1) is 0 Å². The zero-order valence-electron chi connectivity index (χ0n) is 12.2. The van der Waals surface area contributed by atoms with Crippen molar-refractivity contribution >= 4 is 23.2 Å². The van der Waals surface area contributed by atoms with E-state index in [9.17, 15) is 9.18 Å². The molecule has 5 nitrogen and oxygen atoms in total. The summed E-state index contributed by atoms with van der Waals surface area (Å²) in [6.07, 6.45) is 0.214. The van der Waals surface area contributed by atoms with E-state index >= 15 is 0 Å². The van der Waals surface area contributed by atoms with Crippen molar-refractivity contribution < 1.29 is 13.7 Å². The topological polar surface area (TPSA) is 59.2 Å². The van der Waals surface area contributed by atoms with Crippen LogP contribution in [0, 0.1) is 5.82 Å². The van der Waals surface area contributed by atoms with Gasteiger partial charge in [0.05, 0.1) is 11.6 Å². The van der Waals surface area contributed by atoms with Crippen LogP contribution in [0.1, 0.15) is 43.8 Å². The van der Waals surface area contributed by atoms with E-state index in [4.69, 9.17) is 16.1 Å². The van der Waals surface area contributed by atoms with Crippen molar-refractivity contribution in [2.24, 2.45) is 0 Å². The van der Waals surface area contributed by atoms with Crippen LogP contribution in [0.15, 0.2) is 22.7 Å². The molecule has 1 unspecified atom stereocenters. The van der Waals surface area contributed by atoms with E-state index in [1.54, 1.807) is 0 Å². The minimum atomic E-state index is -0.480. The Bertz CT molecular complexity index is 717. The highest BCUT2D eigenvalue weighted by atomic mass is 35.5. The normalized spacial score (nSPS) is 18.5. The summed E-state index contributed by atoms with van der Waals surface area (Å²) in [6.45, 7) is 4.22. The second-order valence-corrected chi connectivity index (χ2v) is 6.08. The Labute approximate surface area is 132 Å². The van der Waals surface area contributed by atoms with Gasteiger partial charge in [-0.2, -0.15) is 4.98 Å². The van der Waals surface area contributed by atoms with Crippen LogP contribution < -0.4 is 4.90 Å². The first kappa shape index (κ1) is 15.0. The molecule has 1 aliphatic rings. The lowest BCUT2D eigenvalue weighted by molar-refractivity contribution is -0.117. The fourth-order valence-corrected chi connectivity index (χ4v) is 2.61. The van der Waals surface area contributed by atoms with Gasteiger partial charge in [-0.3, -0.25) is 4.79 Å². The van der Waals surface area contributed by atoms with Gasteiger partial charge in [-0.25, -0.2) is 4.39 Å². The summed E-state index contributed by atoms with van der Waals surface area (Å²) in [5.74, 6) is 0.279. The molecule has 1 saturated heterocycles. The molecular formula is C15H15ClFN3O2. The number of hydrogen-bond donors (Lipinski definition) is 0. The first-order valence-corrected chi connectivity index (χ1v) is 7.42. The van der Waals surface area contributed by atoms with Gasteiger partial charge < -0.3 is 9.42 Å². The standard InChI is InChI=1S/C15H15ClFN3O2/c1-8(2)14-18-15(22-19-14)9-5-13(21)20(7-9)12-6-10(16)3-4-11(12)17/h3-4,6,8-9H,5,7H2,1-2H3. The maximum atomic E-state index is 13.9. The average Bonchev–Trinajstić information content (AvgIpc) is 3.08. The molecule has 0 N–H and O–H groups in total. The number of halogens is 2. The smallest absolute Gasteiger partial charge is 0.232 e. The molecule has 1 fully saturated rings. The molecule has 3 rings (SSSR count). The lowest BCUT2D eigenvalue weighted by atomic mass is 10.1. The van der Waals surface area contributed by atoms with Crippen molar-refractivity contribution in [2.45, 2.75) is 32.1 Å². The highest BCUT2D eigenvalue weighted by Crippen LogP contribution is 2.33. The van der Waals surface area contributed by atoms with E-state index in [2.05, 4.69) is 10.1 Å². The maximum absolute atomic E-state index is 13.9. The molecule has 1 aliphatic heterocycles.